The molecule has 0 spiro atoms. The smallest absolute Gasteiger partial charge is 0.409 e. The number of rotatable bonds is 6. The van der Waals surface area contributed by atoms with Gasteiger partial charge in [-0.05, 0) is 36.6 Å². The van der Waals surface area contributed by atoms with E-state index in [2.05, 4.69) is 25.2 Å². The number of nitrogen functional groups attached to an aromatic ring is 1. The van der Waals surface area contributed by atoms with E-state index in [9.17, 15) is 9.18 Å². The second-order valence-corrected chi connectivity index (χ2v) is 7.65. The van der Waals surface area contributed by atoms with Crippen LogP contribution in [-0.4, -0.2) is 63.6 Å². The molecule has 1 aromatic heterocycles. The number of carbonyl (C=O) groups is 1. The van der Waals surface area contributed by atoms with E-state index in [4.69, 9.17) is 10.5 Å². The number of aromatic nitrogens is 3. The molecule has 0 atom stereocenters. The molecule has 1 saturated heterocycles. The maximum Gasteiger partial charge on any atom is 0.409 e. The monoisotopic (exact) mass is 417 g/mol. The minimum Gasteiger partial charge on any atom is -0.449 e. The molecule has 1 aliphatic rings. The molecule has 2 heterocycles. The van der Waals surface area contributed by atoms with Crippen molar-refractivity contribution in [3.8, 4) is 0 Å². The SMILES string of the molecule is CC(C)COC(=O)N1CCCN(Cc2nc(N)nc(Nc3ccc(F)cc3)n2)CC1. The number of nitrogens with two attached hydrogens (primary N) is 1. The molecule has 1 aliphatic heterocycles. The summed E-state index contributed by atoms with van der Waals surface area (Å²) in [5.41, 5.74) is 6.49. The minimum absolute atomic E-state index is 0.110. The highest BCUT2D eigenvalue weighted by atomic mass is 19.1. The Bertz CT molecular complexity index is 848. The molecule has 162 valence electrons. The van der Waals surface area contributed by atoms with E-state index < -0.39 is 0 Å². The Morgan fingerprint density at radius 1 is 1.17 bits per heavy atom. The number of halogens is 1. The first kappa shape index (κ1) is 21.7. The van der Waals surface area contributed by atoms with Gasteiger partial charge in [0.2, 0.25) is 11.9 Å². The first-order valence-electron chi connectivity index (χ1n) is 10.1. The first-order chi connectivity index (χ1) is 14.4. The van der Waals surface area contributed by atoms with Gasteiger partial charge in [-0.1, -0.05) is 13.8 Å². The number of anilines is 3. The van der Waals surface area contributed by atoms with Crippen molar-refractivity contribution in [2.75, 3.05) is 43.8 Å². The van der Waals surface area contributed by atoms with Crippen LogP contribution in [0.5, 0.6) is 0 Å². The average molecular weight is 417 g/mol. The summed E-state index contributed by atoms with van der Waals surface area (Å²) in [6.45, 7) is 7.66. The van der Waals surface area contributed by atoms with E-state index in [1.165, 1.54) is 12.1 Å². The summed E-state index contributed by atoms with van der Waals surface area (Å²) in [4.78, 5) is 28.9. The zero-order valence-electron chi connectivity index (χ0n) is 17.3. The number of ether oxygens (including phenoxy) is 1. The van der Waals surface area contributed by atoms with Crippen LogP contribution >= 0.6 is 0 Å². The van der Waals surface area contributed by atoms with Gasteiger partial charge < -0.3 is 20.7 Å². The summed E-state index contributed by atoms with van der Waals surface area (Å²) in [5.74, 6) is 0.934. The summed E-state index contributed by atoms with van der Waals surface area (Å²) in [6, 6.07) is 5.89. The van der Waals surface area contributed by atoms with E-state index in [1.807, 2.05) is 13.8 Å². The lowest BCUT2D eigenvalue weighted by atomic mass is 10.2. The molecule has 1 aromatic carbocycles. The van der Waals surface area contributed by atoms with Crippen LogP contribution in [0, 0.1) is 11.7 Å². The van der Waals surface area contributed by atoms with E-state index in [1.54, 1.807) is 17.0 Å². The fourth-order valence-corrected chi connectivity index (χ4v) is 3.07. The van der Waals surface area contributed by atoms with Crippen molar-refractivity contribution < 1.29 is 13.9 Å². The highest BCUT2D eigenvalue weighted by molar-refractivity contribution is 5.67. The Morgan fingerprint density at radius 3 is 2.67 bits per heavy atom. The Kier molecular flexibility index (Phi) is 7.34. The molecule has 9 nitrogen and oxygen atoms in total. The van der Waals surface area contributed by atoms with Crippen LogP contribution in [0.1, 0.15) is 26.1 Å². The van der Waals surface area contributed by atoms with Gasteiger partial charge in [0.1, 0.15) is 11.6 Å². The molecule has 10 heteroatoms. The Morgan fingerprint density at radius 2 is 1.93 bits per heavy atom. The van der Waals surface area contributed by atoms with Crippen LogP contribution in [0.2, 0.25) is 0 Å². The number of benzene rings is 1. The van der Waals surface area contributed by atoms with Crippen LogP contribution in [0.3, 0.4) is 0 Å². The molecule has 0 unspecified atom stereocenters. The molecule has 0 aliphatic carbocycles. The van der Waals surface area contributed by atoms with Gasteiger partial charge in [0, 0.05) is 31.9 Å². The van der Waals surface area contributed by atoms with E-state index >= 15 is 0 Å². The Labute approximate surface area is 175 Å². The van der Waals surface area contributed by atoms with Crippen LogP contribution in [-0.2, 0) is 11.3 Å². The highest BCUT2D eigenvalue weighted by Gasteiger charge is 2.21. The standard InChI is InChI=1S/C20H28FN7O2/c1-14(2)13-30-20(29)28-9-3-8-27(10-11-28)12-17-24-18(22)26-19(25-17)23-16-6-4-15(21)5-7-16/h4-7,14H,3,8-13H2,1-2H3,(H3,22,23,24,25,26). The maximum atomic E-state index is 13.1. The minimum atomic E-state index is -0.320. The second-order valence-electron chi connectivity index (χ2n) is 7.65. The summed E-state index contributed by atoms with van der Waals surface area (Å²) in [6.07, 6.45) is 0.568. The van der Waals surface area contributed by atoms with Gasteiger partial charge in [0.15, 0.2) is 0 Å². The number of hydrogen-bond donors (Lipinski definition) is 2. The number of nitrogens with zero attached hydrogens (tertiary/aromatic N) is 5. The van der Waals surface area contributed by atoms with Gasteiger partial charge in [-0.2, -0.15) is 15.0 Å². The molecular weight excluding hydrogens is 389 g/mol. The topological polar surface area (TPSA) is 110 Å². The summed E-state index contributed by atoms with van der Waals surface area (Å²) < 4.78 is 18.4. The van der Waals surface area contributed by atoms with Gasteiger partial charge in [-0.3, -0.25) is 4.90 Å². The molecule has 3 rings (SSSR count). The van der Waals surface area contributed by atoms with Crippen molar-refractivity contribution in [2.24, 2.45) is 5.92 Å². The second kappa shape index (κ2) is 10.1. The molecular formula is C20H28FN7O2. The van der Waals surface area contributed by atoms with Crippen molar-refractivity contribution in [1.82, 2.24) is 24.8 Å². The van der Waals surface area contributed by atoms with Gasteiger partial charge in [0.25, 0.3) is 0 Å². The zero-order valence-corrected chi connectivity index (χ0v) is 17.3. The molecule has 0 saturated carbocycles. The van der Waals surface area contributed by atoms with E-state index in [0.717, 1.165) is 13.0 Å². The van der Waals surface area contributed by atoms with E-state index in [0.29, 0.717) is 56.2 Å². The molecule has 30 heavy (non-hydrogen) atoms. The van der Waals surface area contributed by atoms with E-state index in [-0.39, 0.29) is 17.9 Å². The molecule has 2 aromatic rings. The summed E-state index contributed by atoms with van der Waals surface area (Å²) in [5, 5.41) is 3.01. The molecule has 1 fully saturated rings. The molecule has 3 N–H and O–H groups in total. The lowest BCUT2D eigenvalue weighted by Gasteiger charge is -2.21. The van der Waals surface area contributed by atoms with Crippen molar-refractivity contribution in [1.29, 1.82) is 0 Å². The number of nitrogens with one attached hydrogen (secondary N) is 1. The van der Waals surface area contributed by atoms with Crippen molar-refractivity contribution in [3.63, 3.8) is 0 Å². The van der Waals surface area contributed by atoms with Gasteiger partial charge in [0.05, 0.1) is 13.2 Å². The normalized spacial score (nSPS) is 15.1. The van der Waals surface area contributed by atoms with Crippen LogP contribution in [0.25, 0.3) is 0 Å². The highest BCUT2D eigenvalue weighted by Crippen LogP contribution is 2.15. The Balaban J connectivity index is 1.58. The average Bonchev–Trinajstić information content (AvgIpc) is 2.93. The Hall–Kier alpha value is -3.01. The quantitative estimate of drug-likeness (QED) is 0.738. The third kappa shape index (κ3) is 6.51. The van der Waals surface area contributed by atoms with Gasteiger partial charge >= 0.3 is 6.09 Å². The first-order valence-corrected chi connectivity index (χ1v) is 10.1. The van der Waals surface area contributed by atoms with Gasteiger partial charge in [-0.25, -0.2) is 9.18 Å². The van der Waals surface area contributed by atoms with Crippen molar-refractivity contribution >= 4 is 23.7 Å². The predicted octanol–water partition coefficient (Wildman–Crippen LogP) is 2.64. The largest absolute Gasteiger partial charge is 0.449 e. The maximum absolute atomic E-state index is 13.1. The van der Waals surface area contributed by atoms with Crippen molar-refractivity contribution in [3.05, 3.63) is 35.9 Å². The third-order valence-electron chi connectivity index (χ3n) is 4.55. The lowest BCUT2D eigenvalue weighted by Crippen LogP contribution is -2.36. The number of hydrogen-bond acceptors (Lipinski definition) is 8. The van der Waals surface area contributed by atoms with Crippen LogP contribution < -0.4 is 11.1 Å². The predicted molar refractivity (Wildman–Crippen MR) is 112 cm³/mol. The summed E-state index contributed by atoms with van der Waals surface area (Å²) in [7, 11) is 0. The molecule has 0 radical (unpaired) electrons. The van der Waals surface area contributed by atoms with Crippen LogP contribution in [0.4, 0.5) is 26.8 Å². The fourth-order valence-electron chi connectivity index (χ4n) is 3.07. The number of amides is 1. The summed E-state index contributed by atoms with van der Waals surface area (Å²) >= 11 is 0. The van der Waals surface area contributed by atoms with Crippen molar-refractivity contribution in [2.45, 2.75) is 26.8 Å². The number of carbonyl (C=O) groups excluding carboxylic acids is 1. The third-order valence-corrected chi connectivity index (χ3v) is 4.55. The van der Waals surface area contributed by atoms with Gasteiger partial charge in [-0.15, -0.1) is 0 Å². The zero-order chi connectivity index (χ0) is 21.5. The van der Waals surface area contributed by atoms with Crippen LogP contribution in [0.15, 0.2) is 24.3 Å². The molecule has 0 bridgehead atoms. The molecule has 1 amide bonds. The lowest BCUT2D eigenvalue weighted by molar-refractivity contribution is 0.0930. The fraction of sp³-hybridized carbons (Fsp3) is 0.500.